The molecule has 0 saturated heterocycles. The number of halogens is 11. The molecule has 0 bridgehead atoms. The number of nitrogens with two attached hydrogens (primary N) is 1. The summed E-state index contributed by atoms with van der Waals surface area (Å²) in [6.45, 7) is 0. The average molecular weight is 297 g/mol. The second-order valence-electron chi connectivity index (χ2n) is 2.86. The van der Waals surface area contributed by atoms with Crippen molar-refractivity contribution in [2.75, 3.05) is 0 Å². The Labute approximate surface area is 91.0 Å². The molecule has 2 N–H and O–H groups in total. The predicted octanol–water partition coefficient (Wildman–Crippen LogP) is 3.52. The molecule has 0 spiro atoms. The number of allylic oxidation sites excluding steroid dienone is 2. The molecule has 12 heteroatoms. The number of hydrogen-bond acceptors (Lipinski definition) is 1. The van der Waals surface area contributed by atoms with Gasteiger partial charge in [0.25, 0.3) is 0 Å². The first-order valence-electron chi connectivity index (χ1n) is 3.62. The van der Waals surface area contributed by atoms with Crippen LogP contribution in [0.15, 0.2) is 11.3 Å². The van der Waals surface area contributed by atoms with E-state index in [1.807, 2.05) is 0 Å². The van der Waals surface area contributed by atoms with Crippen molar-refractivity contribution in [3.63, 3.8) is 0 Å². The summed E-state index contributed by atoms with van der Waals surface area (Å²) >= 11 is 0. The molecule has 0 fully saturated rings. The van der Waals surface area contributed by atoms with Crippen molar-refractivity contribution in [2.24, 2.45) is 5.73 Å². The molecule has 0 aliphatic rings. The lowest BCUT2D eigenvalue weighted by Crippen LogP contribution is -2.45. The SMILES string of the molecule is NC(=C(C(F)(F)F)C(F)(F)F)C(F)(F)C(F)(F)F. The molecule has 0 saturated carbocycles. The van der Waals surface area contributed by atoms with Crippen LogP contribution in [0.25, 0.3) is 0 Å². The quantitative estimate of drug-likeness (QED) is 0.736. The van der Waals surface area contributed by atoms with Crippen molar-refractivity contribution in [1.82, 2.24) is 0 Å². The first kappa shape index (κ1) is 16.8. The molecule has 0 radical (unpaired) electrons. The van der Waals surface area contributed by atoms with Crippen LogP contribution in [-0.4, -0.2) is 24.5 Å². The molecular weight excluding hydrogens is 295 g/mol. The topological polar surface area (TPSA) is 26.0 Å². The van der Waals surface area contributed by atoms with Gasteiger partial charge in [-0.05, 0) is 0 Å². The minimum atomic E-state index is -6.68. The van der Waals surface area contributed by atoms with Crippen molar-refractivity contribution in [2.45, 2.75) is 24.5 Å². The molecule has 0 aliphatic carbocycles. The van der Waals surface area contributed by atoms with Crippen LogP contribution in [-0.2, 0) is 0 Å². The fraction of sp³-hybridized carbons (Fsp3) is 0.667. The molecule has 0 aromatic heterocycles. The lowest BCUT2D eigenvalue weighted by Gasteiger charge is -2.24. The van der Waals surface area contributed by atoms with Crippen molar-refractivity contribution in [3.05, 3.63) is 11.3 Å². The van der Waals surface area contributed by atoms with E-state index in [1.54, 1.807) is 0 Å². The maximum absolute atomic E-state index is 12.3. The Hall–Kier alpha value is -1.23. The maximum Gasteiger partial charge on any atom is 0.459 e. The summed E-state index contributed by atoms with van der Waals surface area (Å²) in [6, 6.07) is 0. The highest BCUT2D eigenvalue weighted by Crippen LogP contribution is 2.47. The maximum atomic E-state index is 12.3. The third-order valence-corrected chi connectivity index (χ3v) is 1.53. The second-order valence-corrected chi connectivity index (χ2v) is 2.86. The van der Waals surface area contributed by atoms with Crippen molar-refractivity contribution >= 4 is 0 Å². The van der Waals surface area contributed by atoms with Gasteiger partial charge in [-0.3, -0.25) is 0 Å². The lowest BCUT2D eigenvalue weighted by molar-refractivity contribution is -0.268. The van der Waals surface area contributed by atoms with E-state index in [0.717, 1.165) is 0 Å². The van der Waals surface area contributed by atoms with Gasteiger partial charge in [-0.1, -0.05) is 0 Å². The van der Waals surface area contributed by atoms with Crippen LogP contribution in [0, 0.1) is 0 Å². The Kier molecular flexibility index (Phi) is 3.87. The molecule has 0 rings (SSSR count). The van der Waals surface area contributed by atoms with Gasteiger partial charge in [0, 0.05) is 0 Å². The van der Waals surface area contributed by atoms with Crippen LogP contribution < -0.4 is 5.73 Å². The fourth-order valence-electron chi connectivity index (χ4n) is 0.776. The van der Waals surface area contributed by atoms with Crippen molar-refractivity contribution in [3.8, 4) is 0 Å². The highest BCUT2D eigenvalue weighted by Gasteiger charge is 2.65. The summed E-state index contributed by atoms with van der Waals surface area (Å²) in [6.07, 6.45) is -19.7. The summed E-state index contributed by atoms with van der Waals surface area (Å²) in [5, 5.41) is 0. The van der Waals surface area contributed by atoms with Crippen LogP contribution in [0.3, 0.4) is 0 Å². The van der Waals surface area contributed by atoms with Crippen LogP contribution in [0.4, 0.5) is 48.3 Å². The van der Waals surface area contributed by atoms with Gasteiger partial charge in [0.15, 0.2) is 5.57 Å². The monoisotopic (exact) mass is 297 g/mol. The first-order valence-corrected chi connectivity index (χ1v) is 3.62. The zero-order valence-electron chi connectivity index (χ0n) is 7.73. The molecule has 108 valence electrons. The van der Waals surface area contributed by atoms with Crippen molar-refractivity contribution < 1.29 is 48.3 Å². The summed E-state index contributed by atoms with van der Waals surface area (Å²) in [7, 11) is 0. The van der Waals surface area contributed by atoms with E-state index in [4.69, 9.17) is 0 Å². The number of alkyl halides is 11. The highest BCUT2D eigenvalue weighted by atomic mass is 19.4. The Morgan fingerprint density at radius 1 is 0.611 bits per heavy atom. The van der Waals surface area contributed by atoms with E-state index >= 15 is 0 Å². The van der Waals surface area contributed by atoms with Gasteiger partial charge >= 0.3 is 24.5 Å². The zero-order chi connectivity index (χ0) is 15.2. The van der Waals surface area contributed by atoms with Gasteiger partial charge in [0.05, 0.1) is 0 Å². The molecular formula is C6H2F11N. The van der Waals surface area contributed by atoms with Gasteiger partial charge < -0.3 is 5.73 Å². The Balaban J connectivity index is 6.11. The van der Waals surface area contributed by atoms with Gasteiger partial charge in [-0.15, -0.1) is 0 Å². The van der Waals surface area contributed by atoms with Gasteiger partial charge in [0.2, 0.25) is 0 Å². The summed E-state index contributed by atoms with van der Waals surface area (Å²) < 4.78 is 130. The molecule has 0 amide bonds. The normalized spacial score (nSPS) is 14.6. The van der Waals surface area contributed by atoms with Crippen LogP contribution in [0.5, 0.6) is 0 Å². The summed E-state index contributed by atoms with van der Waals surface area (Å²) in [4.78, 5) is 0. The molecule has 1 nitrogen and oxygen atoms in total. The van der Waals surface area contributed by atoms with Crippen LogP contribution >= 0.6 is 0 Å². The highest BCUT2D eigenvalue weighted by molar-refractivity contribution is 5.28. The largest absolute Gasteiger partial charge is 0.459 e. The molecule has 0 atom stereocenters. The molecule has 0 aromatic rings. The van der Waals surface area contributed by atoms with E-state index < -0.39 is 35.7 Å². The smallest absolute Gasteiger partial charge is 0.396 e. The third kappa shape index (κ3) is 3.16. The summed E-state index contributed by atoms with van der Waals surface area (Å²) in [5.41, 5.74) is -4.01. The van der Waals surface area contributed by atoms with E-state index in [0.29, 0.717) is 0 Å². The zero-order valence-corrected chi connectivity index (χ0v) is 7.73. The van der Waals surface area contributed by atoms with Crippen molar-refractivity contribution in [1.29, 1.82) is 0 Å². The van der Waals surface area contributed by atoms with E-state index in [9.17, 15) is 48.3 Å². The minimum Gasteiger partial charge on any atom is -0.396 e. The number of rotatable bonds is 1. The van der Waals surface area contributed by atoms with E-state index in [-0.39, 0.29) is 0 Å². The van der Waals surface area contributed by atoms with Gasteiger partial charge in [0.1, 0.15) is 5.70 Å². The number of hydrogen-bond donors (Lipinski definition) is 1. The molecule has 0 aromatic carbocycles. The molecule has 18 heavy (non-hydrogen) atoms. The molecule has 0 aliphatic heterocycles. The Morgan fingerprint density at radius 3 is 1.06 bits per heavy atom. The van der Waals surface area contributed by atoms with Crippen LogP contribution in [0.2, 0.25) is 0 Å². The molecule has 0 heterocycles. The fourth-order valence-corrected chi connectivity index (χ4v) is 0.776. The standard InChI is InChI=1S/C6H2F11N/c7-3(8,6(15,16)17)2(18)1(4(9,10)11)5(12,13)14/h18H2. The lowest BCUT2D eigenvalue weighted by atomic mass is 10.1. The molecule has 0 unspecified atom stereocenters. The van der Waals surface area contributed by atoms with E-state index in [2.05, 4.69) is 5.73 Å². The predicted molar refractivity (Wildman–Crippen MR) is 34.3 cm³/mol. The second kappa shape index (κ2) is 4.16. The first-order chi connectivity index (χ1) is 7.53. The third-order valence-electron chi connectivity index (χ3n) is 1.53. The Bertz CT molecular complexity index is 324. The minimum absolute atomic E-state index is 3.64. The summed E-state index contributed by atoms with van der Waals surface area (Å²) in [5.74, 6) is -6.45. The van der Waals surface area contributed by atoms with Gasteiger partial charge in [-0.25, -0.2) is 0 Å². The van der Waals surface area contributed by atoms with Crippen LogP contribution in [0.1, 0.15) is 0 Å². The average Bonchev–Trinajstić information content (AvgIpc) is 1.95. The van der Waals surface area contributed by atoms with Gasteiger partial charge in [-0.2, -0.15) is 48.3 Å². The Morgan fingerprint density at radius 2 is 0.889 bits per heavy atom. The van der Waals surface area contributed by atoms with E-state index in [1.165, 1.54) is 0 Å².